The summed E-state index contributed by atoms with van der Waals surface area (Å²) in [7, 11) is 0. The molecule has 3 heterocycles. The minimum Gasteiger partial charge on any atom is -0.377 e. The minimum absolute atomic E-state index is 0.104. The van der Waals surface area contributed by atoms with Gasteiger partial charge < -0.3 is 14.2 Å². The average Bonchev–Trinajstić information content (AvgIpc) is 3.23. The maximum absolute atomic E-state index is 13.1. The highest BCUT2D eigenvalue weighted by atomic mass is 16.5. The summed E-state index contributed by atoms with van der Waals surface area (Å²) in [4.78, 5) is 23.5. The van der Waals surface area contributed by atoms with Crippen LogP contribution in [0.25, 0.3) is 11.3 Å². The summed E-state index contributed by atoms with van der Waals surface area (Å²) < 4.78 is 10.3. The van der Waals surface area contributed by atoms with E-state index in [9.17, 15) is 4.79 Å². The van der Waals surface area contributed by atoms with Crippen LogP contribution in [-0.4, -0.2) is 45.7 Å². The van der Waals surface area contributed by atoms with E-state index in [2.05, 4.69) is 15.1 Å². The van der Waals surface area contributed by atoms with Crippen LogP contribution in [0, 0.1) is 6.92 Å². The van der Waals surface area contributed by atoms with Crippen LogP contribution in [0.1, 0.15) is 27.9 Å². The standard InChI is InChI=1S/C19H18N4O3/c1-13-15(7-8-16(21-13)14-5-3-2-4-6-14)19(24)23-9-10-25-11-17(23)18-20-12-26-22-18/h2-8,12,17H,9-11H2,1H3. The van der Waals surface area contributed by atoms with E-state index in [1.165, 1.54) is 6.39 Å². The van der Waals surface area contributed by atoms with Crippen LogP contribution in [0.3, 0.4) is 0 Å². The molecule has 1 fully saturated rings. The van der Waals surface area contributed by atoms with Crippen molar-refractivity contribution in [3.63, 3.8) is 0 Å². The molecule has 26 heavy (non-hydrogen) atoms. The highest BCUT2D eigenvalue weighted by Gasteiger charge is 2.33. The topological polar surface area (TPSA) is 81.4 Å². The fourth-order valence-electron chi connectivity index (χ4n) is 3.10. The number of carbonyl (C=O) groups excluding carboxylic acids is 1. The van der Waals surface area contributed by atoms with Crippen molar-refractivity contribution in [1.29, 1.82) is 0 Å². The van der Waals surface area contributed by atoms with Crippen LogP contribution in [0.4, 0.5) is 0 Å². The molecule has 1 aromatic carbocycles. The van der Waals surface area contributed by atoms with Crippen molar-refractivity contribution in [1.82, 2.24) is 20.0 Å². The van der Waals surface area contributed by atoms with E-state index in [1.54, 1.807) is 4.90 Å². The van der Waals surface area contributed by atoms with Gasteiger partial charge in [0.05, 0.1) is 30.2 Å². The van der Waals surface area contributed by atoms with Crippen molar-refractivity contribution < 1.29 is 14.1 Å². The SMILES string of the molecule is Cc1nc(-c2ccccc2)ccc1C(=O)N1CCOCC1c1ncon1. The van der Waals surface area contributed by atoms with Crippen LogP contribution in [0.15, 0.2) is 53.4 Å². The van der Waals surface area contributed by atoms with E-state index in [1.807, 2.05) is 49.4 Å². The molecule has 2 aromatic heterocycles. The van der Waals surface area contributed by atoms with Gasteiger partial charge in [-0.1, -0.05) is 35.5 Å². The maximum Gasteiger partial charge on any atom is 0.256 e. The number of morpholine rings is 1. The molecule has 0 saturated carbocycles. The Kier molecular flexibility index (Phi) is 4.45. The smallest absolute Gasteiger partial charge is 0.256 e. The molecule has 1 aliphatic heterocycles. The highest BCUT2D eigenvalue weighted by molar-refractivity contribution is 5.95. The molecular weight excluding hydrogens is 332 g/mol. The molecule has 0 radical (unpaired) electrons. The lowest BCUT2D eigenvalue weighted by Gasteiger charge is -2.34. The third kappa shape index (κ3) is 3.09. The number of benzene rings is 1. The Morgan fingerprint density at radius 1 is 1.19 bits per heavy atom. The Hall–Kier alpha value is -3.06. The van der Waals surface area contributed by atoms with Gasteiger partial charge in [-0.3, -0.25) is 9.78 Å². The molecule has 132 valence electrons. The second-order valence-electron chi connectivity index (χ2n) is 6.07. The molecule has 1 unspecified atom stereocenters. The third-order valence-electron chi connectivity index (χ3n) is 4.45. The summed E-state index contributed by atoms with van der Waals surface area (Å²) in [5, 5.41) is 3.87. The molecule has 1 aliphatic rings. The fourth-order valence-corrected chi connectivity index (χ4v) is 3.10. The van der Waals surface area contributed by atoms with E-state index < -0.39 is 0 Å². The molecule has 0 aliphatic carbocycles. The molecule has 3 aromatic rings. The quantitative estimate of drug-likeness (QED) is 0.722. The first-order valence-electron chi connectivity index (χ1n) is 8.42. The van der Waals surface area contributed by atoms with Gasteiger partial charge in [0.15, 0.2) is 5.82 Å². The van der Waals surface area contributed by atoms with Crippen molar-refractivity contribution >= 4 is 5.91 Å². The number of amides is 1. The predicted octanol–water partition coefficient (Wildman–Crippen LogP) is 2.65. The summed E-state index contributed by atoms with van der Waals surface area (Å²) in [6.45, 7) is 3.15. The predicted molar refractivity (Wildman–Crippen MR) is 93.3 cm³/mol. The zero-order valence-corrected chi connectivity index (χ0v) is 14.3. The molecule has 0 spiro atoms. The normalized spacial score (nSPS) is 17.3. The van der Waals surface area contributed by atoms with Crippen molar-refractivity contribution in [3.05, 3.63) is 65.9 Å². The van der Waals surface area contributed by atoms with Gasteiger partial charge in [0.2, 0.25) is 6.39 Å². The van der Waals surface area contributed by atoms with Crippen LogP contribution in [-0.2, 0) is 4.74 Å². The molecule has 0 bridgehead atoms. The van der Waals surface area contributed by atoms with Gasteiger partial charge in [-0.25, -0.2) is 0 Å². The largest absolute Gasteiger partial charge is 0.377 e. The fraction of sp³-hybridized carbons (Fsp3) is 0.263. The maximum atomic E-state index is 13.1. The van der Waals surface area contributed by atoms with Gasteiger partial charge in [-0.05, 0) is 19.1 Å². The highest BCUT2D eigenvalue weighted by Crippen LogP contribution is 2.25. The Balaban J connectivity index is 1.63. The van der Waals surface area contributed by atoms with Gasteiger partial charge in [0.25, 0.3) is 5.91 Å². The zero-order valence-electron chi connectivity index (χ0n) is 14.3. The van der Waals surface area contributed by atoms with Crippen molar-refractivity contribution in [2.75, 3.05) is 19.8 Å². The number of carbonyl (C=O) groups is 1. The Labute approximate surface area is 150 Å². The molecule has 0 N–H and O–H groups in total. The molecule has 1 atom stereocenters. The first-order valence-corrected chi connectivity index (χ1v) is 8.42. The van der Waals surface area contributed by atoms with E-state index >= 15 is 0 Å². The first kappa shape index (κ1) is 16.4. The lowest BCUT2D eigenvalue weighted by Crippen LogP contribution is -2.44. The van der Waals surface area contributed by atoms with Crippen molar-refractivity contribution in [3.8, 4) is 11.3 Å². The van der Waals surface area contributed by atoms with E-state index in [-0.39, 0.29) is 11.9 Å². The average molecular weight is 350 g/mol. The summed E-state index contributed by atoms with van der Waals surface area (Å²) >= 11 is 0. The monoisotopic (exact) mass is 350 g/mol. The molecule has 1 saturated heterocycles. The Morgan fingerprint density at radius 2 is 2.04 bits per heavy atom. The molecule has 7 heteroatoms. The van der Waals surface area contributed by atoms with E-state index in [0.29, 0.717) is 36.8 Å². The molecule has 4 rings (SSSR count). The third-order valence-corrected chi connectivity index (χ3v) is 4.45. The number of aromatic nitrogens is 3. The van der Waals surface area contributed by atoms with Gasteiger partial charge in [0.1, 0.15) is 6.04 Å². The van der Waals surface area contributed by atoms with Crippen LogP contribution in [0.2, 0.25) is 0 Å². The van der Waals surface area contributed by atoms with Crippen LogP contribution >= 0.6 is 0 Å². The zero-order chi connectivity index (χ0) is 17.9. The molecule has 1 amide bonds. The lowest BCUT2D eigenvalue weighted by atomic mass is 10.1. The summed E-state index contributed by atoms with van der Waals surface area (Å²) in [5.74, 6) is 0.345. The Bertz CT molecular complexity index is 896. The molecule has 7 nitrogen and oxygen atoms in total. The number of hydrogen-bond acceptors (Lipinski definition) is 6. The van der Waals surface area contributed by atoms with Crippen LogP contribution < -0.4 is 0 Å². The van der Waals surface area contributed by atoms with Gasteiger partial charge in [-0.15, -0.1) is 0 Å². The van der Waals surface area contributed by atoms with Gasteiger partial charge in [0, 0.05) is 12.1 Å². The summed E-state index contributed by atoms with van der Waals surface area (Å²) in [6, 6.07) is 13.2. The number of pyridine rings is 1. The number of ether oxygens (including phenoxy) is 1. The second kappa shape index (κ2) is 7.05. The summed E-state index contributed by atoms with van der Waals surface area (Å²) in [6.07, 6.45) is 1.26. The number of rotatable bonds is 3. The van der Waals surface area contributed by atoms with Crippen molar-refractivity contribution in [2.24, 2.45) is 0 Å². The minimum atomic E-state index is -0.358. The summed E-state index contributed by atoms with van der Waals surface area (Å²) in [5.41, 5.74) is 3.12. The van der Waals surface area contributed by atoms with Gasteiger partial charge in [-0.2, -0.15) is 4.98 Å². The van der Waals surface area contributed by atoms with E-state index in [0.717, 1.165) is 11.3 Å². The molecular formula is C19H18N4O3. The first-order chi connectivity index (χ1) is 12.7. The van der Waals surface area contributed by atoms with Crippen molar-refractivity contribution in [2.45, 2.75) is 13.0 Å². The van der Waals surface area contributed by atoms with Gasteiger partial charge >= 0.3 is 0 Å². The number of hydrogen-bond donors (Lipinski definition) is 0. The lowest BCUT2D eigenvalue weighted by molar-refractivity contribution is -0.00583. The van der Waals surface area contributed by atoms with Crippen LogP contribution in [0.5, 0.6) is 0 Å². The number of aryl methyl sites for hydroxylation is 1. The van der Waals surface area contributed by atoms with E-state index in [4.69, 9.17) is 9.26 Å². The Morgan fingerprint density at radius 3 is 2.77 bits per heavy atom. The number of nitrogens with zero attached hydrogens (tertiary/aromatic N) is 4. The second-order valence-corrected chi connectivity index (χ2v) is 6.07.